The molecule has 0 aliphatic carbocycles. The third-order valence-electron chi connectivity index (χ3n) is 2.27. The molecule has 0 bridgehead atoms. The summed E-state index contributed by atoms with van der Waals surface area (Å²) in [5.41, 5.74) is -0.448. The molecule has 110 valence electrons. The van der Waals surface area contributed by atoms with E-state index in [1.165, 1.54) is 12.1 Å². The molecular weight excluding hydrogens is 300 g/mol. The normalized spacial score (nSPS) is 10.6. The van der Waals surface area contributed by atoms with Crippen molar-refractivity contribution in [1.82, 2.24) is 5.32 Å². The van der Waals surface area contributed by atoms with Crippen molar-refractivity contribution in [1.29, 1.82) is 5.26 Å². The lowest BCUT2D eigenvalue weighted by Gasteiger charge is -2.05. The van der Waals surface area contributed by atoms with Crippen molar-refractivity contribution in [2.24, 2.45) is 0 Å². The quantitative estimate of drug-likeness (QED) is 0.238. The number of aliphatic hydroxyl groups excluding tert-OH is 1. The van der Waals surface area contributed by atoms with Gasteiger partial charge in [0.2, 0.25) is 0 Å². The van der Waals surface area contributed by atoms with Crippen LogP contribution in [0.25, 0.3) is 0 Å². The summed E-state index contributed by atoms with van der Waals surface area (Å²) in [5.74, 6) is -0.737. The Kier molecular flexibility index (Phi) is 6.13. The van der Waals surface area contributed by atoms with Crippen LogP contribution in [-0.4, -0.2) is 29.1 Å². The number of nitrogens with one attached hydrogen (secondary N) is 2. The summed E-state index contributed by atoms with van der Waals surface area (Å²) in [5, 5.41) is 33.0. The van der Waals surface area contributed by atoms with E-state index in [2.05, 4.69) is 10.6 Å². The van der Waals surface area contributed by atoms with Crippen molar-refractivity contribution in [2.45, 2.75) is 0 Å². The number of nitro benzene ring substituents is 1. The summed E-state index contributed by atoms with van der Waals surface area (Å²) in [6, 6.07) is 5.42. The van der Waals surface area contributed by atoms with Crippen LogP contribution in [0.15, 0.2) is 30.0 Å². The van der Waals surface area contributed by atoms with Gasteiger partial charge < -0.3 is 15.7 Å². The number of nitriles is 1. The van der Waals surface area contributed by atoms with E-state index in [4.69, 9.17) is 22.0 Å². The molecule has 0 fully saturated rings. The minimum Gasteiger partial charge on any atom is -0.395 e. The first-order chi connectivity index (χ1) is 9.99. The maximum absolute atomic E-state index is 11.8. The molecule has 0 spiro atoms. The summed E-state index contributed by atoms with van der Waals surface area (Å²) in [4.78, 5) is 21.9. The Balaban J connectivity index is 2.88. The van der Waals surface area contributed by atoms with Gasteiger partial charge in [0.05, 0.1) is 11.5 Å². The molecule has 1 aromatic rings. The minimum atomic E-state index is -0.737. The molecule has 0 saturated heterocycles. The van der Waals surface area contributed by atoms with E-state index in [0.717, 1.165) is 12.3 Å². The smallest absolute Gasteiger partial charge is 0.289 e. The van der Waals surface area contributed by atoms with Gasteiger partial charge in [0.1, 0.15) is 16.7 Å². The molecule has 21 heavy (non-hydrogen) atoms. The van der Waals surface area contributed by atoms with Crippen LogP contribution < -0.4 is 10.6 Å². The van der Waals surface area contributed by atoms with Crippen molar-refractivity contribution in [2.75, 3.05) is 18.5 Å². The van der Waals surface area contributed by atoms with Crippen LogP contribution >= 0.6 is 11.6 Å². The Bertz CT molecular complexity index is 624. The maximum atomic E-state index is 11.8. The van der Waals surface area contributed by atoms with Gasteiger partial charge in [-0.1, -0.05) is 11.6 Å². The second-order valence-electron chi connectivity index (χ2n) is 3.72. The molecule has 3 N–H and O–H groups in total. The molecular formula is C12H11ClN4O4. The number of carbonyl (C=O) groups excluding carboxylic acids is 1. The lowest BCUT2D eigenvalue weighted by atomic mass is 10.2. The average molecular weight is 311 g/mol. The highest BCUT2D eigenvalue weighted by Gasteiger charge is 2.15. The molecule has 0 atom stereocenters. The number of anilines is 1. The molecule has 0 unspecified atom stereocenters. The predicted molar refractivity (Wildman–Crippen MR) is 75.5 cm³/mol. The summed E-state index contributed by atoms with van der Waals surface area (Å²) >= 11 is 5.65. The number of hydrogen-bond donors (Lipinski definition) is 3. The zero-order chi connectivity index (χ0) is 15.8. The lowest BCUT2D eigenvalue weighted by Crippen LogP contribution is -2.18. The van der Waals surface area contributed by atoms with Gasteiger partial charge in [-0.3, -0.25) is 14.9 Å². The third-order valence-corrected chi connectivity index (χ3v) is 2.59. The number of rotatable bonds is 6. The zero-order valence-corrected chi connectivity index (χ0v) is 11.4. The van der Waals surface area contributed by atoms with Gasteiger partial charge in [-0.05, 0) is 12.1 Å². The number of nitrogens with zero attached hydrogens (tertiary/aromatic N) is 2. The number of hydrogen-bond acceptors (Lipinski definition) is 6. The first-order valence-electron chi connectivity index (χ1n) is 5.69. The van der Waals surface area contributed by atoms with Crippen LogP contribution in [0, 0.1) is 21.4 Å². The van der Waals surface area contributed by atoms with Crippen molar-refractivity contribution < 1.29 is 14.8 Å². The summed E-state index contributed by atoms with van der Waals surface area (Å²) in [6.45, 7) is 0.0328. The maximum Gasteiger partial charge on any atom is 0.289 e. The van der Waals surface area contributed by atoms with Crippen LogP contribution in [0.4, 0.5) is 11.4 Å². The fraction of sp³-hybridized carbons (Fsp3) is 0.167. The number of amides is 1. The number of carbonyl (C=O) groups is 1. The molecule has 0 aliphatic heterocycles. The molecule has 0 saturated carbocycles. The van der Waals surface area contributed by atoms with Crippen LogP contribution in [-0.2, 0) is 4.79 Å². The highest BCUT2D eigenvalue weighted by Crippen LogP contribution is 2.27. The van der Waals surface area contributed by atoms with Crippen LogP contribution in [0.1, 0.15) is 0 Å². The summed E-state index contributed by atoms with van der Waals surface area (Å²) in [7, 11) is 0. The Labute approximate surface area is 124 Å². The highest BCUT2D eigenvalue weighted by molar-refractivity contribution is 6.32. The fourth-order valence-corrected chi connectivity index (χ4v) is 1.50. The SMILES string of the molecule is N#C/C(=C/NCCO)C(=O)Nc1ccc(Cl)c([N+](=O)[O-])c1. The molecule has 8 nitrogen and oxygen atoms in total. The minimum absolute atomic E-state index is 0.0568. The number of halogens is 1. The molecule has 0 aliphatic rings. The largest absolute Gasteiger partial charge is 0.395 e. The van der Waals surface area contributed by atoms with Crippen molar-refractivity contribution in [3.63, 3.8) is 0 Å². The third kappa shape index (κ3) is 4.76. The first-order valence-corrected chi connectivity index (χ1v) is 6.07. The van der Waals surface area contributed by atoms with E-state index in [0.29, 0.717) is 0 Å². The Morgan fingerprint density at radius 2 is 2.29 bits per heavy atom. The monoisotopic (exact) mass is 310 g/mol. The van der Waals surface area contributed by atoms with E-state index in [1.807, 2.05) is 0 Å². The van der Waals surface area contributed by atoms with Gasteiger partial charge in [-0.25, -0.2) is 0 Å². The van der Waals surface area contributed by atoms with E-state index in [-0.39, 0.29) is 35.1 Å². The topological polar surface area (TPSA) is 128 Å². The van der Waals surface area contributed by atoms with Crippen LogP contribution in [0.3, 0.4) is 0 Å². The van der Waals surface area contributed by atoms with Gasteiger partial charge in [-0.2, -0.15) is 5.26 Å². The molecule has 1 aromatic carbocycles. The van der Waals surface area contributed by atoms with Gasteiger partial charge in [0.15, 0.2) is 0 Å². The Hall–Kier alpha value is -2.63. The van der Waals surface area contributed by atoms with Crippen LogP contribution in [0.5, 0.6) is 0 Å². The Morgan fingerprint density at radius 1 is 1.57 bits per heavy atom. The van der Waals surface area contributed by atoms with Crippen molar-refractivity contribution >= 4 is 28.9 Å². The average Bonchev–Trinajstić information content (AvgIpc) is 2.45. The molecule has 0 heterocycles. The lowest BCUT2D eigenvalue weighted by molar-refractivity contribution is -0.384. The summed E-state index contributed by atoms with van der Waals surface area (Å²) < 4.78 is 0. The van der Waals surface area contributed by atoms with Crippen molar-refractivity contribution in [3.8, 4) is 6.07 Å². The van der Waals surface area contributed by atoms with Gasteiger partial charge in [0, 0.05) is 24.5 Å². The van der Waals surface area contributed by atoms with Gasteiger partial charge >= 0.3 is 0 Å². The van der Waals surface area contributed by atoms with Crippen molar-refractivity contribution in [3.05, 3.63) is 45.1 Å². The second kappa shape index (κ2) is 7.84. The molecule has 1 rings (SSSR count). The fourth-order valence-electron chi connectivity index (χ4n) is 1.32. The summed E-state index contributed by atoms with van der Waals surface area (Å²) in [6.07, 6.45) is 1.15. The zero-order valence-electron chi connectivity index (χ0n) is 10.7. The van der Waals surface area contributed by atoms with E-state index >= 15 is 0 Å². The standard InChI is InChI=1S/C12H11ClN4O4/c13-10-2-1-9(5-11(10)17(20)21)16-12(19)8(6-14)7-15-3-4-18/h1-2,5,7,15,18H,3-4H2,(H,16,19)/b8-7-. The molecule has 0 radical (unpaired) electrons. The predicted octanol–water partition coefficient (Wildman–Crippen LogP) is 1.18. The first kappa shape index (κ1) is 16.4. The Morgan fingerprint density at radius 3 is 2.86 bits per heavy atom. The van der Waals surface area contributed by atoms with E-state index in [1.54, 1.807) is 6.07 Å². The number of nitro groups is 1. The van der Waals surface area contributed by atoms with Gasteiger partial charge in [0.25, 0.3) is 11.6 Å². The number of benzene rings is 1. The highest BCUT2D eigenvalue weighted by atomic mass is 35.5. The molecule has 1 amide bonds. The second-order valence-corrected chi connectivity index (χ2v) is 4.13. The molecule has 0 aromatic heterocycles. The van der Waals surface area contributed by atoms with E-state index in [9.17, 15) is 14.9 Å². The van der Waals surface area contributed by atoms with Crippen LogP contribution in [0.2, 0.25) is 5.02 Å². The van der Waals surface area contributed by atoms with E-state index < -0.39 is 10.8 Å². The molecule has 9 heteroatoms. The number of aliphatic hydroxyl groups is 1. The van der Waals surface area contributed by atoms with Gasteiger partial charge in [-0.15, -0.1) is 0 Å².